The Balaban J connectivity index is 3.07. The van der Waals surface area contributed by atoms with E-state index < -0.39 is 5.63 Å². The summed E-state index contributed by atoms with van der Waals surface area (Å²) in [6.45, 7) is 0. The summed E-state index contributed by atoms with van der Waals surface area (Å²) in [6.07, 6.45) is 0. The van der Waals surface area contributed by atoms with E-state index in [-0.39, 0.29) is 28.3 Å². The lowest BCUT2D eigenvalue weighted by Crippen LogP contribution is -2.07. The van der Waals surface area contributed by atoms with Crippen LogP contribution in [0.25, 0.3) is 11.0 Å². The Kier molecular flexibility index (Phi) is 1.72. The molecule has 0 saturated heterocycles. The predicted molar refractivity (Wildman–Crippen MR) is 60.1 cm³/mol. The highest BCUT2D eigenvalue weighted by molar-refractivity contribution is 6.08. The van der Waals surface area contributed by atoms with Gasteiger partial charge >= 0.3 is 5.63 Å². The minimum absolute atomic E-state index is 0.134. The Morgan fingerprint density at radius 2 is 1.47 bits per heavy atom. The summed E-state index contributed by atoms with van der Waals surface area (Å²) in [6, 6.07) is 2.75. The first-order valence-electron chi connectivity index (χ1n) is 4.18. The molecular formula is C9H10N4O2. The van der Waals surface area contributed by atoms with Crippen molar-refractivity contribution in [2.45, 2.75) is 0 Å². The van der Waals surface area contributed by atoms with E-state index in [4.69, 9.17) is 27.4 Å². The average Bonchev–Trinajstić information content (AvgIpc) is 2.23. The molecule has 0 radical (unpaired) electrons. The van der Waals surface area contributed by atoms with Crippen LogP contribution in [0, 0.1) is 0 Å². The van der Waals surface area contributed by atoms with E-state index in [1.165, 1.54) is 12.1 Å². The maximum absolute atomic E-state index is 11.0. The van der Waals surface area contributed by atoms with Crippen LogP contribution in [-0.4, -0.2) is 0 Å². The quantitative estimate of drug-likeness (QED) is 0.357. The molecule has 0 amide bonds. The second-order valence-corrected chi connectivity index (χ2v) is 3.15. The van der Waals surface area contributed by atoms with Crippen molar-refractivity contribution in [1.82, 2.24) is 0 Å². The Bertz CT molecular complexity index is 603. The van der Waals surface area contributed by atoms with Crippen LogP contribution in [0.3, 0.4) is 0 Å². The summed E-state index contributed by atoms with van der Waals surface area (Å²) in [5.41, 5.74) is 23.0. The number of hydrogen-bond donors (Lipinski definition) is 4. The fourth-order valence-corrected chi connectivity index (χ4v) is 1.39. The summed E-state index contributed by atoms with van der Waals surface area (Å²) < 4.78 is 4.91. The molecule has 1 heterocycles. The van der Waals surface area contributed by atoms with Gasteiger partial charge in [0.05, 0.1) is 17.1 Å². The van der Waals surface area contributed by atoms with Gasteiger partial charge < -0.3 is 27.4 Å². The molecule has 8 N–H and O–H groups in total. The standard InChI is InChI=1S/C9H10N4O2/c10-5-3-1-2-4(14)15-9(3)8(13)7(12)6(5)11/h1-2H,10-13H2. The molecule has 0 aliphatic rings. The highest BCUT2D eigenvalue weighted by Gasteiger charge is 2.13. The maximum Gasteiger partial charge on any atom is 0.336 e. The van der Waals surface area contributed by atoms with Crippen LogP contribution in [-0.2, 0) is 0 Å². The first kappa shape index (κ1) is 9.20. The zero-order valence-corrected chi connectivity index (χ0v) is 7.78. The maximum atomic E-state index is 11.0. The fourth-order valence-electron chi connectivity index (χ4n) is 1.39. The van der Waals surface area contributed by atoms with Gasteiger partial charge in [-0.2, -0.15) is 0 Å². The largest absolute Gasteiger partial charge is 0.420 e. The molecule has 0 saturated carbocycles. The van der Waals surface area contributed by atoms with Crippen molar-refractivity contribution in [2.24, 2.45) is 0 Å². The number of benzene rings is 1. The Morgan fingerprint density at radius 3 is 2.13 bits per heavy atom. The topological polar surface area (TPSA) is 134 Å². The summed E-state index contributed by atoms with van der Waals surface area (Å²) in [4.78, 5) is 11.0. The molecule has 0 aliphatic heterocycles. The summed E-state index contributed by atoms with van der Waals surface area (Å²) in [5.74, 6) is 0. The molecule has 2 rings (SSSR count). The van der Waals surface area contributed by atoms with Crippen LogP contribution in [0.1, 0.15) is 0 Å². The van der Waals surface area contributed by atoms with E-state index in [1.807, 2.05) is 0 Å². The lowest BCUT2D eigenvalue weighted by Gasteiger charge is -2.10. The van der Waals surface area contributed by atoms with Crippen molar-refractivity contribution in [3.8, 4) is 0 Å². The van der Waals surface area contributed by atoms with Crippen LogP contribution in [0.5, 0.6) is 0 Å². The van der Waals surface area contributed by atoms with Gasteiger partial charge in [-0.05, 0) is 6.07 Å². The number of hydrogen-bond acceptors (Lipinski definition) is 6. The molecule has 0 aliphatic carbocycles. The molecule has 15 heavy (non-hydrogen) atoms. The molecular weight excluding hydrogens is 196 g/mol. The van der Waals surface area contributed by atoms with E-state index >= 15 is 0 Å². The van der Waals surface area contributed by atoms with E-state index in [2.05, 4.69) is 0 Å². The van der Waals surface area contributed by atoms with E-state index in [9.17, 15) is 4.79 Å². The summed E-state index contributed by atoms with van der Waals surface area (Å²) >= 11 is 0. The van der Waals surface area contributed by atoms with Gasteiger partial charge in [0.25, 0.3) is 0 Å². The van der Waals surface area contributed by atoms with Crippen LogP contribution >= 0.6 is 0 Å². The molecule has 0 spiro atoms. The molecule has 6 nitrogen and oxygen atoms in total. The molecule has 78 valence electrons. The van der Waals surface area contributed by atoms with Gasteiger partial charge in [0.2, 0.25) is 0 Å². The number of nitrogens with two attached hydrogens (primary N) is 4. The third-order valence-electron chi connectivity index (χ3n) is 2.24. The van der Waals surface area contributed by atoms with Crippen LogP contribution in [0.2, 0.25) is 0 Å². The minimum atomic E-state index is -0.516. The first-order chi connectivity index (χ1) is 7.02. The van der Waals surface area contributed by atoms with Gasteiger partial charge in [0.1, 0.15) is 5.69 Å². The first-order valence-corrected chi connectivity index (χ1v) is 4.18. The number of rotatable bonds is 0. The van der Waals surface area contributed by atoms with Gasteiger partial charge in [-0.25, -0.2) is 4.79 Å². The Hall–Kier alpha value is -2.37. The van der Waals surface area contributed by atoms with Crippen molar-refractivity contribution < 1.29 is 4.42 Å². The zero-order valence-electron chi connectivity index (χ0n) is 7.78. The third kappa shape index (κ3) is 1.15. The van der Waals surface area contributed by atoms with Crippen LogP contribution in [0.15, 0.2) is 21.3 Å². The molecule has 0 bridgehead atoms. The SMILES string of the molecule is Nc1c(N)c(N)c2oc(=O)ccc2c1N. The van der Waals surface area contributed by atoms with Crippen LogP contribution in [0.4, 0.5) is 22.7 Å². The van der Waals surface area contributed by atoms with E-state index in [1.54, 1.807) is 0 Å². The molecule has 6 heteroatoms. The van der Waals surface area contributed by atoms with Crippen molar-refractivity contribution in [3.63, 3.8) is 0 Å². The molecule has 1 aromatic heterocycles. The summed E-state index contributed by atoms with van der Waals surface area (Å²) in [5, 5.41) is 0.485. The van der Waals surface area contributed by atoms with Gasteiger partial charge in [-0.15, -0.1) is 0 Å². The third-order valence-corrected chi connectivity index (χ3v) is 2.24. The van der Waals surface area contributed by atoms with Gasteiger partial charge in [-0.3, -0.25) is 0 Å². The van der Waals surface area contributed by atoms with E-state index in [0.29, 0.717) is 5.39 Å². The smallest absolute Gasteiger partial charge is 0.336 e. The fraction of sp³-hybridized carbons (Fsp3) is 0. The molecule has 0 fully saturated rings. The lowest BCUT2D eigenvalue weighted by atomic mass is 10.1. The molecule has 0 unspecified atom stereocenters. The zero-order chi connectivity index (χ0) is 11.2. The van der Waals surface area contributed by atoms with Gasteiger partial charge in [0, 0.05) is 11.5 Å². The normalized spacial score (nSPS) is 10.7. The molecule has 2 aromatic rings. The number of fused-ring (bicyclic) bond motifs is 1. The van der Waals surface area contributed by atoms with E-state index in [0.717, 1.165) is 0 Å². The number of nitrogen functional groups attached to an aromatic ring is 4. The van der Waals surface area contributed by atoms with Crippen molar-refractivity contribution >= 4 is 33.7 Å². The van der Waals surface area contributed by atoms with Crippen molar-refractivity contribution in [2.75, 3.05) is 22.9 Å². The average molecular weight is 206 g/mol. The van der Waals surface area contributed by atoms with Crippen molar-refractivity contribution in [1.29, 1.82) is 0 Å². The number of anilines is 4. The van der Waals surface area contributed by atoms with Crippen molar-refractivity contribution in [3.05, 3.63) is 22.6 Å². The van der Waals surface area contributed by atoms with Gasteiger partial charge in [0.15, 0.2) is 5.58 Å². The lowest BCUT2D eigenvalue weighted by molar-refractivity contribution is 0.562. The van der Waals surface area contributed by atoms with Crippen LogP contribution < -0.4 is 28.6 Å². The summed E-state index contributed by atoms with van der Waals surface area (Å²) in [7, 11) is 0. The highest BCUT2D eigenvalue weighted by atomic mass is 16.4. The highest BCUT2D eigenvalue weighted by Crippen LogP contribution is 2.37. The molecule has 1 aromatic carbocycles. The predicted octanol–water partition coefficient (Wildman–Crippen LogP) is 0.122. The second-order valence-electron chi connectivity index (χ2n) is 3.15. The monoisotopic (exact) mass is 206 g/mol. The van der Waals surface area contributed by atoms with Gasteiger partial charge in [-0.1, -0.05) is 0 Å². The Morgan fingerprint density at radius 1 is 0.867 bits per heavy atom. The molecule has 0 atom stereocenters. The second kappa shape index (κ2) is 2.81. The Labute approximate surface area is 84.4 Å². The minimum Gasteiger partial charge on any atom is -0.420 e.